The van der Waals surface area contributed by atoms with Crippen molar-refractivity contribution in [1.82, 2.24) is 5.32 Å². The second kappa shape index (κ2) is 5.82. The molecule has 1 aromatic carbocycles. The van der Waals surface area contributed by atoms with Gasteiger partial charge in [-0.15, -0.1) is 0 Å². The Kier molecular flexibility index (Phi) is 4.15. The first kappa shape index (κ1) is 12.8. The minimum atomic E-state index is -0.397. The third-order valence-corrected chi connectivity index (χ3v) is 3.26. The second-order valence-electron chi connectivity index (χ2n) is 4.72. The van der Waals surface area contributed by atoms with Crippen molar-refractivity contribution in [2.24, 2.45) is 5.92 Å². The lowest BCUT2D eigenvalue weighted by Gasteiger charge is -2.10. The molecule has 1 heterocycles. The van der Waals surface area contributed by atoms with Crippen molar-refractivity contribution < 1.29 is 9.66 Å². The van der Waals surface area contributed by atoms with Crippen LogP contribution < -0.4 is 10.1 Å². The van der Waals surface area contributed by atoms with Gasteiger partial charge in [-0.25, -0.2) is 0 Å². The number of benzene rings is 1. The Morgan fingerprint density at radius 3 is 3.06 bits per heavy atom. The monoisotopic (exact) mass is 250 g/mol. The standard InChI is InChI=1S/C13H18N2O3/c1-10-2-3-12(15(16)17)13(8-10)18-7-5-11-4-6-14-9-11/h2-3,8,11,14H,4-7,9H2,1H3. The van der Waals surface area contributed by atoms with Gasteiger partial charge in [0, 0.05) is 6.07 Å². The van der Waals surface area contributed by atoms with E-state index in [1.807, 2.05) is 6.92 Å². The molecule has 1 aromatic rings. The largest absolute Gasteiger partial charge is 0.487 e. The Morgan fingerprint density at radius 2 is 2.39 bits per heavy atom. The fourth-order valence-corrected chi connectivity index (χ4v) is 2.18. The molecular weight excluding hydrogens is 232 g/mol. The van der Waals surface area contributed by atoms with Crippen molar-refractivity contribution in [2.45, 2.75) is 19.8 Å². The fourth-order valence-electron chi connectivity index (χ4n) is 2.18. The highest BCUT2D eigenvalue weighted by atomic mass is 16.6. The van der Waals surface area contributed by atoms with Gasteiger partial charge in [-0.2, -0.15) is 0 Å². The van der Waals surface area contributed by atoms with Gasteiger partial charge in [0.2, 0.25) is 0 Å². The number of nitrogens with one attached hydrogen (secondary N) is 1. The normalized spacial score (nSPS) is 18.8. The number of rotatable bonds is 5. The highest BCUT2D eigenvalue weighted by Gasteiger charge is 2.17. The van der Waals surface area contributed by atoms with E-state index in [1.165, 1.54) is 12.5 Å². The molecule has 1 N–H and O–H groups in total. The van der Waals surface area contributed by atoms with E-state index in [2.05, 4.69) is 5.32 Å². The van der Waals surface area contributed by atoms with Gasteiger partial charge in [0.05, 0.1) is 11.5 Å². The summed E-state index contributed by atoms with van der Waals surface area (Å²) in [6, 6.07) is 4.96. The molecule has 5 nitrogen and oxygen atoms in total. The number of ether oxygens (including phenoxy) is 1. The minimum Gasteiger partial charge on any atom is -0.487 e. The van der Waals surface area contributed by atoms with Crippen LogP contribution >= 0.6 is 0 Å². The second-order valence-corrected chi connectivity index (χ2v) is 4.72. The zero-order chi connectivity index (χ0) is 13.0. The van der Waals surface area contributed by atoms with Crippen LogP contribution in [0.15, 0.2) is 18.2 Å². The lowest BCUT2D eigenvalue weighted by Crippen LogP contribution is -2.12. The smallest absolute Gasteiger partial charge is 0.310 e. The van der Waals surface area contributed by atoms with Crippen LogP contribution in [0, 0.1) is 23.0 Å². The highest BCUT2D eigenvalue weighted by Crippen LogP contribution is 2.28. The lowest BCUT2D eigenvalue weighted by atomic mass is 10.1. The molecule has 1 fully saturated rings. The van der Waals surface area contributed by atoms with Crippen LogP contribution in [0.5, 0.6) is 5.75 Å². The van der Waals surface area contributed by atoms with Crippen molar-refractivity contribution >= 4 is 5.69 Å². The van der Waals surface area contributed by atoms with E-state index < -0.39 is 4.92 Å². The Balaban J connectivity index is 1.94. The predicted molar refractivity (Wildman–Crippen MR) is 68.9 cm³/mol. The molecule has 1 aliphatic rings. The lowest BCUT2D eigenvalue weighted by molar-refractivity contribution is -0.385. The third-order valence-electron chi connectivity index (χ3n) is 3.26. The SMILES string of the molecule is Cc1ccc([N+](=O)[O-])c(OCCC2CCNC2)c1. The van der Waals surface area contributed by atoms with Gasteiger partial charge >= 0.3 is 5.69 Å². The molecule has 1 atom stereocenters. The first-order valence-electron chi connectivity index (χ1n) is 6.25. The van der Waals surface area contributed by atoms with Gasteiger partial charge in [0.15, 0.2) is 5.75 Å². The maximum Gasteiger partial charge on any atom is 0.310 e. The summed E-state index contributed by atoms with van der Waals surface area (Å²) in [4.78, 5) is 10.5. The summed E-state index contributed by atoms with van der Waals surface area (Å²) >= 11 is 0. The van der Waals surface area contributed by atoms with Gasteiger partial charge in [0.25, 0.3) is 0 Å². The topological polar surface area (TPSA) is 64.4 Å². The summed E-state index contributed by atoms with van der Waals surface area (Å²) < 4.78 is 5.57. The molecule has 0 aliphatic carbocycles. The number of hydrogen-bond donors (Lipinski definition) is 1. The molecular formula is C13H18N2O3. The van der Waals surface area contributed by atoms with Gasteiger partial charge in [-0.05, 0) is 50.4 Å². The van der Waals surface area contributed by atoms with Gasteiger partial charge in [-0.1, -0.05) is 6.07 Å². The summed E-state index contributed by atoms with van der Waals surface area (Å²) in [6.45, 7) is 4.53. The van der Waals surface area contributed by atoms with Crippen LogP contribution in [-0.2, 0) is 0 Å². The zero-order valence-corrected chi connectivity index (χ0v) is 10.5. The summed E-state index contributed by atoms with van der Waals surface area (Å²) in [5.41, 5.74) is 1.02. The molecule has 0 aromatic heterocycles. The van der Waals surface area contributed by atoms with E-state index >= 15 is 0 Å². The molecule has 0 bridgehead atoms. The highest BCUT2D eigenvalue weighted by molar-refractivity contribution is 5.48. The predicted octanol–water partition coefficient (Wildman–Crippen LogP) is 2.28. The van der Waals surface area contributed by atoms with Gasteiger partial charge < -0.3 is 10.1 Å². The number of nitrogens with zero attached hydrogens (tertiary/aromatic N) is 1. The van der Waals surface area contributed by atoms with Crippen molar-refractivity contribution in [3.05, 3.63) is 33.9 Å². The first-order valence-corrected chi connectivity index (χ1v) is 6.25. The van der Waals surface area contributed by atoms with Gasteiger partial charge in [-0.3, -0.25) is 10.1 Å². The number of hydrogen-bond acceptors (Lipinski definition) is 4. The molecule has 1 aliphatic heterocycles. The van der Waals surface area contributed by atoms with E-state index in [1.54, 1.807) is 12.1 Å². The van der Waals surface area contributed by atoms with Crippen LogP contribution in [0.3, 0.4) is 0 Å². The van der Waals surface area contributed by atoms with Crippen molar-refractivity contribution in [1.29, 1.82) is 0 Å². The van der Waals surface area contributed by atoms with E-state index in [0.717, 1.165) is 25.1 Å². The molecule has 2 rings (SSSR count). The molecule has 1 unspecified atom stereocenters. The molecule has 0 saturated carbocycles. The fraction of sp³-hybridized carbons (Fsp3) is 0.538. The Labute approximate surface area is 106 Å². The van der Waals surface area contributed by atoms with E-state index in [9.17, 15) is 10.1 Å². The molecule has 0 radical (unpaired) electrons. The first-order chi connectivity index (χ1) is 8.66. The Hall–Kier alpha value is -1.62. The van der Waals surface area contributed by atoms with Crippen LogP contribution in [0.25, 0.3) is 0 Å². The molecule has 98 valence electrons. The number of aryl methyl sites for hydroxylation is 1. The summed E-state index contributed by atoms with van der Waals surface area (Å²) in [5, 5.41) is 14.2. The van der Waals surface area contributed by atoms with E-state index in [0.29, 0.717) is 18.3 Å². The van der Waals surface area contributed by atoms with Crippen molar-refractivity contribution in [3.63, 3.8) is 0 Å². The summed E-state index contributed by atoms with van der Waals surface area (Å²) in [5.74, 6) is 1.01. The quantitative estimate of drug-likeness (QED) is 0.643. The molecule has 18 heavy (non-hydrogen) atoms. The van der Waals surface area contributed by atoms with Crippen molar-refractivity contribution in [3.8, 4) is 5.75 Å². The Morgan fingerprint density at radius 1 is 1.56 bits per heavy atom. The average molecular weight is 250 g/mol. The van der Waals surface area contributed by atoms with Crippen molar-refractivity contribution in [2.75, 3.05) is 19.7 Å². The minimum absolute atomic E-state index is 0.0464. The summed E-state index contributed by atoms with van der Waals surface area (Å²) in [6.07, 6.45) is 2.11. The van der Waals surface area contributed by atoms with E-state index in [-0.39, 0.29) is 5.69 Å². The number of nitro groups is 1. The van der Waals surface area contributed by atoms with Crippen LogP contribution in [0.4, 0.5) is 5.69 Å². The third kappa shape index (κ3) is 3.20. The maximum absolute atomic E-state index is 10.9. The van der Waals surface area contributed by atoms with Crippen LogP contribution in [0.2, 0.25) is 0 Å². The summed E-state index contributed by atoms with van der Waals surface area (Å²) in [7, 11) is 0. The average Bonchev–Trinajstić information content (AvgIpc) is 2.82. The Bertz CT molecular complexity index is 428. The van der Waals surface area contributed by atoms with Crippen LogP contribution in [0.1, 0.15) is 18.4 Å². The zero-order valence-electron chi connectivity index (χ0n) is 10.5. The van der Waals surface area contributed by atoms with Gasteiger partial charge in [0.1, 0.15) is 0 Å². The molecule has 0 spiro atoms. The maximum atomic E-state index is 10.9. The number of nitro benzene ring substituents is 1. The molecule has 0 amide bonds. The van der Waals surface area contributed by atoms with E-state index in [4.69, 9.17) is 4.74 Å². The molecule has 1 saturated heterocycles. The van der Waals surface area contributed by atoms with Crippen LogP contribution in [-0.4, -0.2) is 24.6 Å². The molecule has 5 heteroatoms.